The number of anilines is 2. The summed E-state index contributed by atoms with van der Waals surface area (Å²) in [5.74, 6) is -1.07. The Balaban J connectivity index is 0.000000226. The molecular formula is C67H90F8N8O5. The lowest BCUT2D eigenvalue weighted by atomic mass is 9.83. The van der Waals surface area contributed by atoms with E-state index in [1.165, 1.54) is 29.2 Å². The van der Waals surface area contributed by atoms with Crippen LogP contribution in [0.3, 0.4) is 0 Å². The number of piperazine rings is 1. The number of nitrogens with two attached hydrogens (primary N) is 1. The van der Waals surface area contributed by atoms with Crippen LogP contribution in [0.1, 0.15) is 151 Å². The van der Waals surface area contributed by atoms with Gasteiger partial charge in [0.1, 0.15) is 11.5 Å². The normalized spacial score (nSPS) is 24.0. The molecule has 88 heavy (non-hydrogen) atoms. The summed E-state index contributed by atoms with van der Waals surface area (Å²) in [5, 5.41) is 0. The molecule has 0 aromatic heterocycles. The number of alkyl halides is 8. The average Bonchev–Trinajstić information content (AvgIpc) is 1.65. The number of hydrogen-bond donors (Lipinski definition) is 1. The van der Waals surface area contributed by atoms with Gasteiger partial charge in [-0.2, -0.15) is 26.3 Å². The Morgan fingerprint density at radius 3 is 1.16 bits per heavy atom. The molecule has 6 aliphatic heterocycles. The third-order valence-electron chi connectivity index (χ3n) is 19.2. The van der Waals surface area contributed by atoms with Crippen LogP contribution >= 0.6 is 0 Å². The fourth-order valence-electron chi connectivity index (χ4n) is 13.8. The SMILES string of the molecule is C.COc1ccc([C@@H]2CN(C(C)(C)C)C[C@@]2(F)C(=O)N2CCC(c3ccc(C(F)(F)F)cc3N3CCCCC3)CC2)cc1.COc1ccc([C@@H]2CN(C(C)(C)C)C[C@@]2(F)C(=O)N2CCC(c3ccc(C(F)(F)F)cc3N3CCN(C(N)=O)CC3)CC2)cc1. The van der Waals surface area contributed by atoms with Crippen molar-refractivity contribution < 1.29 is 59.0 Å². The van der Waals surface area contributed by atoms with E-state index in [1.54, 1.807) is 54.4 Å². The average molecular weight is 1240 g/mol. The van der Waals surface area contributed by atoms with Gasteiger partial charge in [0.2, 0.25) is 11.3 Å². The van der Waals surface area contributed by atoms with E-state index in [4.69, 9.17) is 15.2 Å². The fourth-order valence-corrected chi connectivity index (χ4v) is 13.8. The second-order valence-electron chi connectivity index (χ2n) is 26.5. The van der Waals surface area contributed by atoms with Crippen molar-refractivity contribution in [2.75, 3.05) is 116 Å². The van der Waals surface area contributed by atoms with Gasteiger partial charge in [-0.15, -0.1) is 0 Å². The molecule has 0 spiro atoms. The van der Waals surface area contributed by atoms with Crippen LogP contribution in [0.25, 0.3) is 0 Å². The van der Waals surface area contributed by atoms with Gasteiger partial charge in [0.05, 0.1) is 25.3 Å². The molecule has 13 nitrogen and oxygen atoms in total. The first-order valence-electron chi connectivity index (χ1n) is 30.6. The molecule has 0 saturated carbocycles. The monoisotopic (exact) mass is 1240 g/mol. The summed E-state index contributed by atoms with van der Waals surface area (Å²) >= 11 is 0. The van der Waals surface area contributed by atoms with Crippen LogP contribution in [0.4, 0.5) is 51.3 Å². The van der Waals surface area contributed by atoms with Crippen molar-refractivity contribution in [3.05, 3.63) is 118 Å². The first-order valence-corrected chi connectivity index (χ1v) is 30.6. The number of nitrogens with zero attached hydrogens (tertiary/aromatic N) is 7. The largest absolute Gasteiger partial charge is 0.497 e. The highest BCUT2D eigenvalue weighted by Gasteiger charge is 2.58. The molecule has 484 valence electrons. The Morgan fingerprint density at radius 2 is 0.841 bits per heavy atom. The number of benzene rings is 4. The minimum absolute atomic E-state index is 0. The molecule has 0 unspecified atom stereocenters. The van der Waals surface area contributed by atoms with Crippen molar-refractivity contribution in [2.24, 2.45) is 5.73 Å². The van der Waals surface area contributed by atoms with E-state index in [1.807, 2.05) is 80.5 Å². The minimum Gasteiger partial charge on any atom is -0.497 e. The van der Waals surface area contributed by atoms with Crippen molar-refractivity contribution in [3.63, 3.8) is 0 Å². The predicted molar refractivity (Wildman–Crippen MR) is 328 cm³/mol. The quantitative estimate of drug-likeness (QED) is 0.155. The van der Waals surface area contributed by atoms with E-state index in [2.05, 4.69) is 4.90 Å². The summed E-state index contributed by atoms with van der Waals surface area (Å²) in [5.41, 5.74) is 3.50. The zero-order chi connectivity index (χ0) is 63.0. The van der Waals surface area contributed by atoms with Crippen LogP contribution in [0.5, 0.6) is 11.5 Å². The number of methoxy groups -OCH3 is 2. The summed E-state index contributed by atoms with van der Waals surface area (Å²) in [6.07, 6.45) is -3.73. The Bertz CT molecular complexity index is 3030. The van der Waals surface area contributed by atoms with Crippen LogP contribution in [0.15, 0.2) is 84.9 Å². The van der Waals surface area contributed by atoms with Gasteiger partial charge in [0.15, 0.2) is 0 Å². The maximum absolute atomic E-state index is 17.2. The zero-order valence-corrected chi connectivity index (χ0v) is 51.5. The molecule has 0 radical (unpaired) electrons. The molecule has 6 fully saturated rings. The number of amides is 4. The van der Waals surface area contributed by atoms with Crippen molar-refractivity contribution in [2.45, 2.75) is 152 Å². The van der Waals surface area contributed by atoms with Crippen molar-refractivity contribution in [1.82, 2.24) is 24.5 Å². The third kappa shape index (κ3) is 14.6. The number of rotatable bonds is 10. The topological polar surface area (TPSA) is 118 Å². The first-order chi connectivity index (χ1) is 40.9. The van der Waals surface area contributed by atoms with Crippen LogP contribution in [0.2, 0.25) is 0 Å². The molecular weight excluding hydrogens is 1150 g/mol. The molecule has 4 atom stereocenters. The number of ether oxygens (including phenoxy) is 2. The van der Waals surface area contributed by atoms with Gasteiger partial charge >= 0.3 is 18.4 Å². The van der Waals surface area contributed by atoms with E-state index >= 15 is 8.78 Å². The number of carbonyl (C=O) groups excluding carboxylic acids is 3. The number of likely N-dealkylation sites (tertiary alicyclic amines) is 4. The molecule has 6 saturated heterocycles. The van der Waals surface area contributed by atoms with Gasteiger partial charge in [-0.3, -0.25) is 19.4 Å². The molecule has 4 aromatic carbocycles. The molecule has 4 amide bonds. The molecule has 0 aliphatic carbocycles. The van der Waals surface area contributed by atoms with Crippen molar-refractivity contribution in [1.29, 1.82) is 0 Å². The smallest absolute Gasteiger partial charge is 0.416 e. The lowest BCUT2D eigenvalue weighted by Gasteiger charge is -2.40. The molecule has 10 rings (SSSR count). The van der Waals surface area contributed by atoms with Crippen LogP contribution < -0.4 is 25.0 Å². The molecule has 4 aromatic rings. The highest BCUT2D eigenvalue weighted by molar-refractivity contribution is 5.88. The molecule has 21 heteroatoms. The summed E-state index contributed by atoms with van der Waals surface area (Å²) in [6, 6.07) is 21.9. The van der Waals surface area contributed by atoms with Crippen LogP contribution in [-0.2, 0) is 21.9 Å². The van der Waals surface area contributed by atoms with Crippen LogP contribution in [0, 0.1) is 0 Å². The standard InChI is InChI=1S/C33H43F4N5O3.C33H43F4N3O2.CH4/c1-31(2,3)42-20-27(23-5-8-25(45-4)9-6-23)32(34,21-42)29(43)40-13-11-22(12-14-40)26-10-7-24(33(35,36)37)19-28(26)39-15-17-41(18-16-39)30(38)44;1-31(2,3)40-21-28(24-8-11-26(42-4)12-9-24)32(34,22-40)30(41)39-18-14-23(15-19-39)27-13-10-25(33(35,36)37)20-29(27)38-16-6-5-7-17-38;/h5-10,19,22,27H,11-18,20-21H2,1-4H3,(H2,38,44);8-13,20,23,28H,5-7,14-19,21-22H2,1-4H3;1H4/t27-,32-;28-,32-;/m00./s1. The third-order valence-corrected chi connectivity index (χ3v) is 19.2. The van der Waals surface area contributed by atoms with Gasteiger partial charge in [-0.05, 0) is 169 Å². The summed E-state index contributed by atoms with van der Waals surface area (Å²) in [6.45, 7) is 17.1. The Labute approximate surface area is 514 Å². The molecule has 6 heterocycles. The molecule has 6 aliphatic rings. The number of halogens is 8. The van der Waals surface area contributed by atoms with Gasteiger partial charge in [-0.1, -0.05) is 43.8 Å². The first kappa shape index (κ1) is 67.6. The predicted octanol–water partition coefficient (Wildman–Crippen LogP) is 12.9. The van der Waals surface area contributed by atoms with E-state index in [-0.39, 0.29) is 43.4 Å². The number of piperidine rings is 3. The maximum atomic E-state index is 17.2. The number of hydrogen-bond acceptors (Lipinski definition) is 9. The Hall–Kier alpha value is -6.35. The van der Waals surface area contributed by atoms with Crippen LogP contribution in [-0.4, -0.2) is 171 Å². The highest BCUT2D eigenvalue weighted by atomic mass is 19.4. The lowest BCUT2D eigenvalue weighted by Crippen LogP contribution is -2.53. The second kappa shape index (κ2) is 26.6. The van der Waals surface area contributed by atoms with Gasteiger partial charge in [0.25, 0.3) is 11.8 Å². The molecule has 2 N–H and O–H groups in total. The van der Waals surface area contributed by atoms with E-state index in [9.17, 15) is 40.7 Å². The Morgan fingerprint density at radius 1 is 0.489 bits per heavy atom. The Kier molecular flexibility index (Phi) is 20.4. The van der Waals surface area contributed by atoms with E-state index in [0.29, 0.717) is 114 Å². The summed E-state index contributed by atoms with van der Waals surface area (Å²) < 4.78 is 127. The van der Waals surface area contributed by atoms with Crippen molar-refractivity contribution >= 4 is 29.2 Å². The second-order valence-corrected chi connectivity index (χ2v) is 26.5. The van der Waals surface area contributed by atoms with Crippen molar-refractivity contribution in [3.8, 4) is 11.5 Å². The fraction of sp³-hybridized carbons (Fsp3) is 0.597. The van der Waals surface area contributed by atoms with Gasteiger partial charge in [-0.25, -0.2) is 13.6 Å². The maximum Gasteiger partial charge on any atom is 0.416 e. The van der Waals surface area contributed by atoms with Gasteiger partial charge in [0, 0.05) is 126 Å². The molecule has 0 bridgehead atoms. The van der Waals surface area contributed by atoms with Gasteiger partial charge < -0.3 is 39.7 Å². The number of primary amides is 1. The number of urea groups is 1. The lowest BCUT2D eigenvalue weighted by molar-refractivity contribution is -0.146. The van der Waals surface area contributed by atoms with E-state index in [0.717, 1.165) is 60.7 Å². The summed E-state index contributed by atoms with van der Waals surface area (Å²) in [7, 11) is 3.15. The highest BCUT2D eigenvalue weighted by Crippen LogP contribution is 2.48. The number of carbonyl (C=O) groups is 3. The summed E-state index contributed by atoms with van der Waals surface area (Å²) in [4.78, 5) is 52.3. The van der Waals surface area contributed by atoms with E-state index < -0.39 is 64.5 Å². The zero-order valence-electron chi connectivity index (χ0n) is 51.5. The minimum atomic E-state index is -4.50.